The van der Waals surface area contributed by atoms with Gasteiger partial charge in [-0.25, -0.2) is 4.39 Å². The summed E-state index contributed by atoms with van der Waals surface area (Å²) in [5, 5.41) is 8.49. The molecule has 0 amide bonds. The number of ketones is 1. The van der Waals surface area contributed by atoms with Crippen LogP contribution in [0.2, 0.25) is 0 Å². The molecule has 0 fully saturated rings. The van der Waals surface area contributed by atoms with Gasteiger partial charge in [-0.15, -0.1) is 0 Å². The lowest BCUT2D eigenvalue weighted by molar-refractivity contribution is -0.168. The minimum absolute atomic E-state index is 0.00733. The topological polar surface area (TPSA) is 40.9 Å². The SMILES string of the molecule is C[C@@H](CC(=O)c1ccc(C#N)cc1F)C(F)(F)F. The molecule has 0 spiro atoms. The molecule has 6 heteroatoms. The zero-order valence-electron chi connectivity index (χ0n) is 9.38. The van der Waals surface area contributed by atoms with Crippen LogP contribution in [-0.4, -0.2) is 12.0 Å². The van der Waals surface area contributed by atoms with Gasteiger partial charge in [-0.3, -0.25) is 4.79 Å². The maximum atomic E-state index is 13.4. The second-order valence-electron chi connectivity index (χ2n) is 3.88. The number of nitriles is 1. The first-order valence-corrected chi connectivity index (χ1v) is 5.05. The van der Waals surface area contributed by atoms with Crippen molar-refractivity contribution in [3.63, 3.8) is 0 Å². The van der Waals surface area contributed by atoms with E-state index < -0.39 is 35.7 Å². The molecule has 0 saturated heterocycles. The Labute approximate surface area is 101 Å². The highest BCUT2D eigenvalue weighted by Crippen LogP contribution is 2.29. The number of carbonyl (C=O) groups excluding carboxylic acids is 1. The standard InChI is InChI=1S/C12H9F4NO/c1-7(12(14,15)16)4-11(18)9-3-2-8(6-17)5-10(9)13/h2-3,5,7H,4H2,1H3/t7-/m0/s1. The van der Waals surface area contributed by atoms with E-state index in [-0.39, 0.29) is 5.56 Å². The third kappa shape index (κ3) is 3.29. The molecule has 1 atom stereocenters. The Hall–Kier alpha value is -1.90. The molecule has 0 aliphatic heterocycles. The van der Waals surface area contributed by atoms with Crippen molar-refractivity contribution in [1.29, 1.82) is 5.26 Å². The van der Waals surface area contributed by atoms with Gasteiger partial charge in [0.1, 0.15) is 5.82 Å². The van der Waals surface area contributed by atoms with Crippen LogP contribution in [0.5, 0.6) is 0 Å². The fraction of sp³-hybridized carbons (Fsp3) is 0.333. The molecule has 18 heavy (non-hydrogen) atoms. The van der Waals surface area contributed by atoms with Gasteiger partial charge in [0.2, 0.25) is 0 Å². The molecular weight excluding hydrogens is 250 g/mol. The maximum absolute atomic E-state index is 13.4. The molecular formula is C12H9F4NO. The molecule has 0 aliphatic carbocycles. The largest absolute Gasteiger partial charge is 0.391 e. The average Bonchev–Trinajstić information content (AvgIpc) is 2.27. The van der Waals surface area contributed by atoms with Crippen LogP contribution in [0.1, 0.15) is 29.3 Å². The monoisotopic (exact) mass is 259 g/mol. The van der Waals surface area contributed by atoms with Gasteiger partial charge in [0.15, 0.2) is 5.78 Å². The van der Waals surface area contributed by atoms with E-state index in [1.54, 1.807) is 6.07 Å². The van der Waals surface area contributed by atoms with Gasteiger partial charge < -0.3 is 0 Å². The van der Waals surface area contributed by atoms with Crippen LogP contribution in [0, 0.1) is 23.1 Å². The van der Waals surface area contributed by atoms with Gasteiger partial charge in [-0.05, 0) is 18.2 Å². The molecule has 0 radical (unpaired) electrons. The van der Waals surface area contributed by atoms with E-state index in [1.807, 2.05) is 0 Å². The van der Waals surface area contributed by atoms with E-state index in [9.17, 15) is 22.4 Å². The second kappa shape index (κ2) is 5.17. The molecule has 1 aromatic rings. The molecule has 0 unspecified atom stereocenters. The number of rotatable bonds is 3. The Kier molecular flexibility index (Phi) is 4.07. The van der Waals surface area contributed by atoms with Crippen molar-refractivity contribution in [3.05, 3.63) is 35.1 Å². The van der Waals surface area contributed by atoms with Gasteiger partial charge in [0.05, 0.1) is 23.1 Å². The van der Waals surface area contributed by atoms with Crippen molar-refractivity contribution in [2.45, 2.75) is 19.5 Å². The minimum Gasteiger partial charge on any atom is -0.294 e. The molecule has 1 rings (SSSR count). The van der Waals surface area contributed by atoms with Crippen molar-refractivity contribution in [3.8, 4) is 6.07 Å². The third-order valence-electron chi connectivity index (χ3n) is 2.45. The van der Waals surface area contributed by atoms with Crippen LogP contribution in [0.25, 0.3) is 0 Å². The number of hydrogen-bond donors (Lipinski definition) is 0. The lowest BCUT2D eigenvalue weighted by Crippen LogP contribution is -2.23. The molecule has 0 heterocycles. The lowest BCUT2D eigenvalue weighted by atomic mass is 9.98. The summed E-state index contributed by atoms with van der Waals surface area (Å²) in [4.78, 5) is 11.5. The third-order valence-corrected chi connectivity index (χ3v) is 2.45. The zero-order valence-corrected chi connectivity index (χ0v) is 9.38. The van der Waals surface area contributed by atoms with Gasteiger partial charge in [0.25, 0.3) is 0 Å². The molecule has 0 bridgehead atoms. The van der Waals surface area contributed by atoms with Crippen molar-refractivity contribution < 1.29 is 22.4 Å². The Balaban J connectivity index is 2.90. The van der Waals surface area contributed by atoms with E-state index in [2.05, 4.69) is 0 Å². The minimum atomic E-state index is -4.49. The summed E-state index contributed by atoms with van der Waals surface area (Å²) in [6.45, 7) is 0.861. The lowest BCUT2D eigenvalue weighted by Gasteiger charge is -2.14. The number of alkyl halides is 3. The predicted molar refractivity (Wildman–Crippen MR) is 55.3 cm³/mol. The smallest absolute Gasteiger partial charge is 0.294 e. The molecule has 0 saturated carbocycles. The Morgan fingerprint density at radius 1 is 1.44 bits per heavy atom. The average molecular weight is 259 g/mol. The summed E-state index contributed by atoms with van der Waals surface area (Å²) < 4.78 is 50.1. The van der Waals surface area contributed by atoms with E-state index in [0.717, 1.165) is 19.1 Å². The number of halogens is 4. The summed E-state index contributed by atoms with van der Waals surface area (Å²) in [7, 11) is 0. The summed E-state index contributed by atoms with van der Waals surface area (Å²) in [6.07, 6.45) is -5.30. The van der Waals surface area contributed by atoms with Crippen LogP contribution in [-0.2, 0) is 0 Å². The van der Waals surface area contributed by atoms with E-state index in [4.69, 9.17) is 5.26 Å². The zero-order chi connectivity index (χ0) is 13.9. The highest BCUT2D eigenvalue weighted by Gasteiger charge is 2.37. The summed E-state index contributed by atoms with van der Waals surface area (Å²) in [6, 6.07) is 4.71. The first-order chi connectivity index (χ1) is 8.25. The van der Waals surface area contributed by atoms with Gasteiger partial charge in [-0.2, -0.15) is 18.4 Å². The summed E-state index contributed by atoms with van der Waals surface area (Å²) in [5.41, 5.74) is -0.419. The second-order valence-corrected chi connectivity index (χ2v) is 3.88. The number of benzene rings is 1. The van der Waals surface area contributed by atoms with Crippen molar-refractivity contribution in [2.24, 2.45) is 5.92 Å². The molecule has 2 nitrogen and oxygen atoms in total. The normalized spacial score (nSPS) is 12.9. The maximum Gasteiger partial charge on any atom is 0.391 e. The van der Waals surface area contributed by atoms with Crippen LogP contribution >= 0.6 is 0 Å². The van der Waals surface area contributed by atoms with Crippen molar-refractivity contribution in [2.75, 3.05) is 0 Å². The summed E-state index contributed by atoms with van der Waals surface area (Å²) >= 11 is 0. The van der Waals surface area contributed by atoms with E-state index >= 15 is 0 Å². The van der Waals surface area contributed by atoms with Gasteiger partial charge >= 0.3 is 6.18 Å². The highest BCUT2D eigenvalue weighted by atomic mass is 19.4. The van der Waals surface area contributed by atoms with Crippen LogP contribution < -0.4 is 0 Å². The van der Waals surface area contributed by atoms with Crippen molar-refractivity contribution >= 4 is 5.78 Å². The molecule has 0 aromatic heterocycles. The van der Waals surface area contributed by atoms with E-state index in [0.29, 0.717) is 0 Å². The molecule has 96 valence electrons. The van der Waals surface area contributed by atoms with Gasteiger partial charge in [-0.1, -0.05) is 6.92 Å². The quantitative estimate of drug-likeness (QED) is 0.616. The Morgan fingerprint density at radius 2 is 2.06 bits per heavy atom. The number of nitrogens with zero attached hydrogens (tertiary/aromatic N) is 1. The first kappa shape index (κ1) is 14.2. The van der Waals surface area contributed by atoms with Crippen LogP contribution in [0.4, 0.5) is 17.6 Å². The van der Waals surface area contributed by atoms with E-state index in [1.165, 1.54) is 6.07 Å². The first-order valence-electron chi connectivity index (χ1n) is 5.05. The number of hydrogen-bond acceptors (Lipinski definition) is 2. The Morgan fingerprint density at radius 3 is 2.50 bits per heavy atom. The van der Waals surface area contributed by atoms with Crippen LogP contribution in [0.3, 0.4) is 0 Å². The highest BCUT2D eigenvalue weighted by molar-refractivity contribution is 5.96. The predicted octanol–water partition coefficient (Wildman–Crippen LogP) is 3.47. The van der Waals surface area contributed by atoms with Gasteiger partial charge in [0, 0.05) is 6.42 Å². The Bertz CT molecular complexity index is 502. The van der Waals surface area contributed by atoms with Crippen LogP contribution in [0.15, 0.2) is 18.2 Å². The summed E-state index contributed by atoms with van der Waals surface area (Å²) in [5.74, 6) is -3.74. The van der Waals surface area contributed by atoms with Crippen molar-refractivity contribution in [1.82, 2.24) is 0 Å². The number of Topliss-reactive ketones (excluding diaryl/α,β-unsaturated/α-hetero) is 1. The molecule has 0 N–H and O–H groups in total. The fourth-order valence-electron chi connectivity index (χ4n) is 1.31. The fourth-order valence-corrected chi connectivity index (χ4v) is 1.31. The number of carbonyl (C=O) groups is 1. The molecule has 1 aromatic carbocycles. The molecule has 0 aliphatic rings.